The van der Waals surface area contributed by atoms with Crippen LogP contribution in [0.2, 0.25) is 0 Å². The van der Waals surface area contributed by atoms with E-state index in [0.717, 1.165) is 10.0 Å². The van der Waals surface area contributed by atoms with Crippen LogP contribution in [0.15, 0.2) is 74.4 Å². The molecule has 9 heteroatoms. The van der Waals surface area contributed by atoms with Crippen molar-refractivity contribution in [2.24, 2.45) is 0 Å². The molecule has 0 bridgehead atoms. The van der Waals surface area contributed by atoms with Crippen molar-refractivity contribution in [3.63, 3.8) is 0 Å². The highest BCUT2D eigenvalue weighted by Crippen LogP contribution is 2.20. The van der Waals surface area contributed by atoms with Gasteiger partial charge in [-0.2, -0.15) is 0 Å². The predicted molar refractivity (Wildman–Crippen MR) is 116 cm³/mol. The van der Waals surface area contributed by atoms with E-state index in [-0.39, 0.29) is 28.7 Å². The van der Waals surface area contributed by atoms with Gasteiger partial charge < -0.3 is 15.1 Å². The molecular weight excluding hydrogens is 472 g/mol. The molecule has 2 amide bonds. The van der Waals surface area contributed by atoms with Gasteiger partial charge in [0.15, 0.2) is 15.6 Å². The summed E-state index contributed by atoms with van der Waals surface area (Å²) in [7, 11) is -3.59. The van der Waals surface area contributed by atoms with E-state index in [1.54, 1.807) is 30.3 Å². The fourth-order valence-electron chi connectivity index (χ4n) is 2.65. The number of carbonyl (C=O) groups excluding carboxylic acids is 2. The second-order valence-electron chi connectivity index (χ2n) is 6.53. The summed E-state index contributed by atoms with van der Waals surface area (Å²) in [6.45, 7) is 1.64. The Balaban J connectivity index is 1.56. The summed E-state index contributed by atoms with van der Waals surface area (Å²) in [6, 6.07) is 16.2. The van der Waals surface area contributed by atoms with E-state index < -0.39 is 21.7 Å². The second kappa shape index (κ2) is 9.27. The van der Waals surface area contributed by atoms with Crippen molar-refractivity contribution >= 4 is 43.3 Å². The molecule has 0 saturated carbocycles. The molecule has 0 unspecified atom stereocenters. The van der Waals surface area contributed by atoms with Crippen LogP contribution in [-0.4, -0.2) is 26.8 Å². The molecule has 0 saturated heterocycles. The molecule has 0 radical (unpaired) electrons. The zero-order valence-corrected chi connectivity index (χ0v) is 18.4. The summed E-state index contributed by atoms with van der Waals surface area (Å²) in [5.41, 5.74) is 1.58. The maximum absolute atomic E-state index is 12.4. The molecule has 1 aromatic heterocycles. The van der Waals surface area contributed by atoms with Crippen molar-refractivity contribution in [3.8, 4) is 0 Å². The number of nitrogens with one attached hydrogen (secondary N) is 2. The first-order valence-electron chi connectivity index (χ1n) is 8.95. The molecule has 2 aromatic carbocycles. The zero-order chi connectivity index (χ0) is 21.7. The number of rotatable bonds is 7. The molecule has 0 aliphatic carbocycles. The Morgan fingerprint density at radius 3 is 2.47 bits per heavy atom. The highest BCUT2D eigenvalue weighted by Gasteiger charge is 2.19. The fourth-order valence-corrected chi connectivity index (χ4v) is 4.17. The summed E-state index contributed by atoms with van der Waals surface area (Å²) in [4.78, 5) is 24.4. The lowest BCUT2D eigenvalue weighted by molar-refractivity contribution is -0.115. The van der Waals surface area contributed by atoms with Crippen LogP contribution in [0.4, 0.5) is 5.69 Å². The van der Waals surface area contributed by atoms with Crippen molar-refractivity contribution in [2.45, 2.75) is 17.6 Å². The molecule has 0 atom stereocenters. The van der Waals surface area contributed by atoms with Gasteiger partial charge in [-0.05, 0) is 55.0 Å². The largest absolute Gasteiger partial charge is 0.455 e. The maximum atomic E-state index is 12.4. The van der Waals surface area contributed by atoms with E-state index in [0.29, 0.717) is 5.69 Å². The minimum absolute atomic E-state index is 0.0689. The average molecular weight is 491 g/mol. The molecule has 3 aromatic rings. The van der Waals surface area contributed by atoms with Crippen LogP contribution >= 0.6 is 15.9 Å². The van der Waals surface area contributed by atoms with Crippen LogP contribution in [0.1, 0.15) is 21.9 Å². The van der Waals surface area contributed by atoms with Gasteiger partial charge in [0.05, 0.1) is 11.4 Å². The van der Waals surface area contributed by atoms with Crippen molar-refractivity contribution in [2.75, 3.05) is 11.9 Å². The first kappa shape index (κ1) is 21.8. The van der Waals surface area contributed by atoms with E-state index in [9.17, 15) is 18.0 Å². The van der Waals surface area contributed by atoms with Crippen LogP contribution in [0, 0.1) is 6.92 Å². The third-order valence-corrected chi connectivity index (χ3v) is 6.72. The Labute approximate surface area is 182 Å². The number of amides is 2. The highest BCUT2D eigenvalue weighted by atomic mass is 79.9. The number of hydrogen-bond acceptors (Lipinski definition) is 5. The quantitative estimate of drug-likeness (QED) is 0.525. The number of benzene rings is 2. The molecule has 1 heterocycles. The number of furan rings is 1. The second-order valence-corrected chi connectivity index (χ2v) is 9.38. The molecular formula is C21H19BrN2O5S. The standard InChI is InChI=1S/C21H19BrN2O5S/c1-14-11-15(7-9-18(14)22)24-20(25)12-23-21(26)19-10-8-16(29-19)13-30(27,28)17-5-3-2-4-6-17/h2-11H,12-13H2,1H3,(H,23,26)(H,24,25). The van der Waals surface area contributed by atoms with Gasteiger partial charge in [-0.25, -0.2) is 8.42 Å². The number of aryl methyl sites for hydroxylation is 1. The van der Waals surface area contributed by atoms with Gasteiger partial charge in [0, 0.05) is 10.2 Å². The summed E-state index contributed by atoms with van der Waals surface area (Å²) >= 11 is 3.39. The van der Waals surface area contributed by atoms with Crippen molar-refractivity contribution in [3.05, 3.63) is 82.2 Å². The lowest BCUT2D eigenvalue weighted by atomic mass is 10.2. The van der Waals surface area contributed by atoms with Crippen molar-refractivity contribution in [1.29, 1.82) is 0 Å². The Morgan fingerprint density at radius 2 is 1.77 bits per heavy atom. The van der Waals surface area contributed by atoms with Gasteiger partial charge in [-0.1, -0.05) is 34.1 Å². The number of halogens is 1. The third-order valence-electron chi connectivity index (χ3n) is 4.17. The lowest BCUT2D eigenvalue weighted by Crippen LogP contribution is -2.32. The minimum atomic E-state index is -3.59. The summed E-state index contributed by atoms with van der Waals surface area (Å²) in [5.74, 6) is -1.31. The lowest BCUT2D eigenvalue weighted by Gasteiger charge is -2.07. The predicted octanol–water partition coefficient (Wildman–Crippen LogP) is 3.69. The average Bonchev–Trinajstić information content (AvgIpc) is 3.17. The fraction of sp³-hybridized carbons (Fsp3) is 0.143. The van der Waals surface area contributed by atoms with Gasteiger partial charge in [0.2, 0.25) is 5.91 Å². The van der Waals surface area contributed by atoms with Crippen molar-refractivity contribution < 1.29 is 22.4 Å². The van der Waals surface area contributed by atoms with E-state index >= 15 is 0 Å². The van der Waals surface area contributed by atoms with Crippen LogP contribution in [0.3, 0.4) is 0 Å². The number of anilines is 1. The summed E-state index contributed by atoms with van der Waals surface area (Å²) in [5, 5.41) is 5.14. The van der Waals surface area contributed by atoms with E-state index in [4.69, 9.17) is 4.42 Å². The first-order chi connectivity index (χ1) is 14.2. The zero-order valence-electron chi connectivity index (χ0n) is 16.0. The smallest absolute Gasteiger partial charge is 0.287 e. The van der Waals surface area contributed by atoms with Crippen LogP contribution < -0.4 is 10.6 Å². The molecule has 3 rings (SSSR count). The molecule has 0 spiro atoms. The molecule has 0 fully saturated rings. The SMILES string of the molecule is Cc1cc(NC(=O)CNC(=O)c2ccc(CS(=O)(=O)c3ccccc3)o2)ccc1Br. The molecule has 2 N–H and O–H groups in total. The maximum Gasteiger partial charge on any atom is 0.287 e. The Kier molecular flexibility index (Phi) is 6.73. The van der Waals surface area contributed by atoms with Gasteiger partial charge in [-0.15, -0.1) is 0 Å². The van der Waals surface area contributed by atoms with Gasteiger partial charge in [0.25, 0.3) is 5.91 Å². The molecule has 30 heavy (non-hydrogen) atoms. The Bertz CT molecular complexity index is 1170. The Hall–Kier alpha value is -2.91. The summed E-state index contributed by atoms with van der Waals surface area (Å²) < 4.78 is 31.1. The molecule has 0 aliphatic rings. The minimum Gasteiger partial charge on any atom is -0.455 e. The van der Waals surface area contributed by atoms with Gasteiger partial charge >= 0.3 is 0 Å². The van der Waals surface area contributed by atoms with Gasteiger partial charge in [0.1, 0.15) is 11.5 Å². The number of sulfone groups is 1. The third kappa shape index (κ3) is 5.58. The molecule has 156 valence electrons. The number of carbonyl (C=O) groups is 2. The van der Waals surface area contributed by atoms with Gasteiger partial charge in [-0.3, -0.25) is 9.59 Å². The monoisotopic (exact) mass is 490 g/mol. The Morgan fingerprint density at radius 1 is 1.03 bits per heavy atom. The van der Waals surface area contributed by atoms with Crippen LogP contribution in [0.5, 0.6) is 0 Å². The molecule has 7 nitrogen and oxygen atoms in total. The van der Waals surface area contributed by atoms with E-state index in [1.807, 2.05) is 13.0 Å². The normalized spacial score (nSPS) is 11.1. The van der Waals surface area contributed by atoms with Crippen molar-refractivity contribution in [1.82, 2.24) is 5.32 Å². The molecule has 0 aliphatic heterocycles. The van der Waals surface area contributed by atoms with Crippen LogP contribution in [0.25, 0.3) is 0 Å². The summed E-state index contributed by atoms with van der Waals surface area (Å²) in [6.07, 6.45) is 0. The van der Waals surface area contributed by atoms with E-state index in [1.165, 1.54) is 24.3 Å². The topological polar surface area (TPSA) is 105 Å². The highest BCUT2D eigenvalue weighted by molar-refractivity contribution is 9.10. The van der Waals surface area contributed by atoms with Crippen LogP contribution in [-0.2, 0) is 20.4 Å². The number of hydrogen-bond donors (Lipinski definition) is 2. The van der Waals surface area contributed by atoms with E-state index in [2.05, 4.69) is 26.6 Å². The first-order valence-corrected chi connectivity index (χ1v) is 11.4.